The summed E-state index contributed by atoms with van der Waals surface area (Å²) < 4.78 is 32.1. The van der Waals surface area contributed by atoms with E-state index in [9.17, 15) is 13.2 Å². The maximum absolute atomic E-state index is 12.6. The number of benzene rings is 1. The number of hydrogen-bond donors (Lipinski definition) is 0. The van der Waals surface area contributed by atoms with Gasteiger partial charge in [-0.1, -0.05) is 18.1 Å². The van der Waals surface area contributed by atoms with Gasteiger partial charge in [-0.05, 0) is 37.8 Å². The minimum absolute atomic E-state index is 0.0817. The predicted molar refractivity (Wildman–Crippen MR) is 87.6 cm³/mol. The maximum Gasteiger partial charge on any atom is 0.243 e. The van der Waals surface area contributed by atoms with Crippen molar-refractivity contribution in [3.05, 3.63) is 29.8 Å². The number of hydrogen-bond acceptors (Lipinski definition) is 4. The molecule has 1 aliphatic rings. The maximum atomic E-state index is 12.6. The highest BCUT2D eigenvalue weighted by Crippen LogP contribution is 2.24. The van der Waals surface area contributed by atoms with Crippen molar-refractivity contribution in [1.82, 2.24) is 4.31 Å². The molecule has 1 saturated heterocycles. The Kier molecular flexibility index (Phi) is 5.94. The van der Waals surface area contributed by atoms with Crippen molar-refractivity contribution in [3.8, 4) is 12.3 Å². The molecule has 2 rings (SSSR count). The summed E-state index contributed by atoms with van der Waals surface area (Å²) in [6.07, 6.45) is 6.65. The number of terminal acetylenes is 1. The Bertz CT molecular complexity index is 680. The zero-order valence-electron chi connectivity index (χ0n) is 13.2. The summed E-state index contributed by atoms with van der Waals surface area (Å²) in [7, 11) is -3.50. The van der Waals surface area contributed by atoms with E-state index < -0.39 is 10.0 Å². The topological polar surface area (TPSA) is 63.7 Å². The first-order valence-corrected chi connectivity index (χ1v) is 9.01. The summed E-state index contributed by atoms with van der Waals surface area (Å²) in [5.41, 5.74) is 0.508. The van der Waals surface area contributed by atoms with Crippen molar-refractivity contribution in [2.45, 2.75) is 24.7 Å². The fourth-order valence-electron chi connectivity index (χ4n) is 2.61. The molecule has 0 aliphatic carbocycles. The SMILES string of the molecule is C#CCOCC1CCN(S(=O)(=O)c2ccc(C(C)=O)cc2)CC1. The van der Waals surface area contributed by atoms with Gasteiger partial charge in [0.25, 0.3) is 0 Å². The highest BCUT2D eigenvalue weighted by Gasteiger charge is 2.29. The van der Waals surface area contributed by atoms with Crippen LogP contribution in [0.1, 0.15) is 30.1 Å². The average Bonchev–Trinajstić information content (AvgIpc) is 2.55. The normalized spacial score (nSPS) is 16.9. The summed E-state index contributed by atoms with van der Waals surface area (Å²) in [5.74, 6) is 2.68. The number of sulfonamides is 1. The lowest BCUT2D eigenvalue weighted by Gasteiger charge is -2.31. The Morgan fingerprint density at radius 1 is 1.30 bits per heavy atom. The minimum Gasteiger partial charge on any atom is -0.369 e. The van der Waals surface area contributed by atoms with E-state index >= 15 is 0 Å². The van der Waals surface area contributed by atoms with E-state index in [1.54, 1.807) is 12.1 Å². The molecular formula is C17H21NO4S. The van der Waals surface area contributed by atoms with Crippen LogP contribution in [0.4, 0.5) is 0 Å². The molecule has 1 heterocycles. The van der Waals surface area contributed by atoms with Gasteiger partial charge in [-0.15, -0.1) is 6.42 Å². The summed E-state index contributed by atoms with van der Waals surface area (Å²) in [4.78, 5) is 11.5. The van der Waals surface area contributed by atoms with E-state index in [2.05, 4.69) is 5.92 Å². The second-order valence-electron chi connectivity index (χ2n) is 5.65. The molecule has 0 spiro atoms. The van der Waals surface area contributed by atoms with E-state index in [1.807, 2.05) is 0 Å². The van der Waals surface area contributed by atoms with Crippen molar-refractivity contribution < 1.29 is 17.9 Å². The Morgan fingerprint density at radius 3 is 2.43 bits per heavy atom. The largest absolute Gasteiger partial charge is 0.369 e. The molecule has 6 heteroatoms. The van der Waals surface area contributed by atoms with Gasteiger partial charge in [0, 0.05) is 18.7 Å². The second kappa shape index (κ2) is 7.73. The Hall–Kier alpha value is -1.68. The van der Waals surface area contributed by atoms with Gasteiger partial charge in [0.05, 0.1) is 11.5 Å². The summed E-state index contributed by atoms with van der Waals surface area (Å²) in [6.45, 7) is 3.27. The van der Waals surface area contributed by atoms with Gasteiger partial charge in [-0.25, -0.2) is 8.42 Å². The van der Waals surface area contributed by atoms with Crippen molar-refractivity contribution in [3.63, 3.8) is 0 Å². The quantitative estimate of drug-likeness (QED) is 0.453. The summed E-state index contributed by atoms with van der Waals surface area (Å²) in [6, 6.07) is 6.09. The Labute approximate surface area is 137 Å². The lowest BCUT2D eigenvalue weighted by molar-refractivity contribution is 0.101. The highest BCUT2D eigenvalue weighted by atomic mass is 32.2. The predicted octanol–water partition coefficient (Wildman–Crippen LogP) is 1.94. The highest BCUT2D eigenvalue weighted by molar-refractivity contribution is 7.89. The number of Topliss-reactive ketones (excluding diaryl/α,β-unsaturated/α-hetero) is 1. The molecule has 1 aromatic rings. The third-order valence-corrected chi connectivity index (χ3v) is 5.92. The van der Waals surface area contributed by atoms with Gasteiger partial charge in [0.2, 0.25) is 10.0 Å². The van der Waals surface area contributed by atoms with Gasteiger partial charge < -0.3 is 4.74 Å². The zero-order chi connectivity index (χ0) is 16.9. The van der Waals surface area contributed by atoms with Crippen LogP contribution in [-0.4, -0.2) is 44.8 Å². The number of carbonyl (C=O) groups is 1. The van der Waals surface area contributed by atoms with Crippen molar-refractivity contribution >= 4 is 15.8 Å². The van der Waals surface area contributed by atoms with Crippen LogP contribution in [0.25, 0.3) is 0 Å². The number of ketones is 1. The first kappa shape index (κ1) is 17.7. The van der Waals surface area contributed by atoms with Crippen LogP contribution in [0.2, 0.25) is 0 Å². The number of carbonyl (C=O) groups excluding carboxylic acids is 1. The van der Waals surface area contributed by atoms with Crippen LogP contribution in [0.15, 0.2) is 29.2 Å². The molecule has 1 fully saturated rings. The van der Waals surface area contributed by atoms with Gasteiger partial charge in [-0.2, -0.15) is 4.31 Å². The lowest BCUT2D eigenvalue weighted by Crippen LogP contribution is -2.39. The van der Waals surface area contributed by atoms with Crippen molar-refractivity contribution in [1.29, 1.82) is 0 Å². The molecule has 1 aliphatic heterocycles. The average molecular weight is 335 g/mol. The van der Waals surface area contributed by atoms with E-state index in [0.29, 0.717) is 37.8 Å². The molecule has 0 N–H and O–H groups in total. The van der Waals surface area contributed by atoms with Crippen LogP contribution in [0, 0.1) is 18.3 Å². The van der Waals surface area contributed by atoms with E-state index in [4.69, 9.17) is 11.2 Å². The smallest absolute Gasteiger partial charge is 0.243 e. The summed E-state index contributed by atoms with van der Waals surface area (Å²) >= 11 is 0. The van der Waals surface area contributed by atoms with Gasteiger partial charge >= 0.3 is 0 Å². The third kappa shape index (κ3) is 4.41. The Morgan fingerprint density at radius 2 is 1.91 bits per heavy atom. The molecule has 0 saturated carbocycles. The van der Waals surface area contributed by atoms with Crippen LogP contribution in [0.5, 0.6) is 0 Å². The minimum atomic E-state index is -3.50. The molecule has 1 aromatic carbocycles. The monoisotopic (exact) mass is 335 g/mol. The van der Waals surface area contributed by atoms with E-state index in [0.717, 1.165) is 12.8 Å². The number of nitrogens with zero attached hydrogens (tertiary/aromatic N) is 1. The fourth-order valence-corrected chi connectivity index (χ4v) is 4.08. The molecule has 23 heavy (non-hydrogen) atoms. The first-order valence-electron chi connectivity index (χ1n) is 7.57. The van der Waals surface area contributed by atoms with Crippen LogP contribution in [-0.2, 0) is 14.8 Å². The molecule has 0 radical (unpaired) electrons. The van der Waals surface area contributed by atoms with Crippen LogP contribution < -0.4 is 0 Å². The van der Waals surface area contributed by atoms with Gasteiger partial charge in [0.15, 0.2) is 5.78 Å². The standard InChI is InChI=1S/C17H21NO4S/c1-3-12-22-13-15-8-10-18(11-9-15)23(20,21)17-6-4-16(5-7-17)14(2)19/h1,4-7,15H,8-13H2,2H3. The van der Waals surface area contributed by atoms with E-state index in [1.165, 1.54) is 23.4 Å². The van der Waals surface area contributed by atoms with E-state index in [-0.39, 0.29) is 10.7 Å². The number of ether oxygens (including phenoxy) is 1. The lowest BCUT2D eigenvalue weighted by atomic mass is 9.99. The zero-order valence-corrected chi connectivity index (χ0v) is 14.0. The summed E-state index contributed by atoms with van der Waals surface area (Å²) in [5, 5.41) is 0. The molecule has 0 unspecified atom stereocenters. The molecule has 0 aromatic heterocycles. The second-order valence-corrected chi connectivity index (χ2v) is 7.59. The van der Waals surface area contributed by atoms with Crippen LogP contribution in [0.3, 0.4) is 0 Å². The molecule has 0 atom stereocenters. The van der Waals surface area contributed by atoms with Crippen molar-refractivity contribution in [2.75, 3.05) is 26.3 Å². The molecule has 5 nitrogen and oxygen atoms in total. The fraction of sp³-hybridized carbons (Fsp3) is 0.471. The van der Waals surface area contributed by atoms with Gasteiger partial charge in [0.1, 0.15) is 6.61 Å². The van der Waals surface area contributed by atoms with Gasteiger partial charge in [-0.3, -0.25) is 4.79 Å². The Balaban J connectivity index is 1.99. The number of piperidine rings is 1. The van der Waals surface area contributed by atoms with Crippen molar-refractivity contribution in [2.24, 2.45) is 5.92 Å². The molecule has 0 bridgehead atoms. The molecule has 0 amide bonds. The molecular weight excluding hydrogens is 314 g/mol. The third-order valence-electron chi connectivity index (χ3n) is 4.01. The van der Waals surface area contributed by atoms with Crippen LogP contribution >= 0.6 is 0 Å². The first-order chi connectivity index (χ1) is 10.9. The number of rotatable bonds is 6. The molecule has 124 valence electrons.